The van der Waals surface area contributed by atoms with Crippen LogP contribution in [-0.2, 0) is 16.0 Å². The number of hydrogen-bond donors (Lipinski definition) is 2. The number of aliphatic carboxylic acids is 1. The summed E-state index contributed by atoms with van der Waals surface area (Å²) < 4.78 is 6.22. The van der Waals surface area contributed by atoms with Crippen molar-refractivity contribution in [2.45, 2.75) is 44.6 Å². The van der Waals surface area contributed by atoms with Crippen LogP contribution in [0.3, 0.4) is 0 Å². The molecule has 2 aromatic carbocycles. The van der Waals surface area contributed by atoms with Crippen LogP contribution in [0.4, 0.5) is 5.69 Å². The van der Waals surface area contributed by atoms with Gasteiger partial charge in [-0.05, 0) is 54.2 Å². The number of aromatic nitrogens is 1. The molecule has 0 aliphatic heterocycles. The van der Waals surface area contributed by atoms with E-state index in [4.69, 9.17) is 4.74 Å². The predicted octanol–water partition coefficient (Wildman–Crippen LogP) is 5.04. The number of ether oxygens (including phenoxy) is 1. The average Bonchev–Trinajstić information content (AvgIpc) is 3.19. The fourth-order valence-electron chi connectivity index (χ4n) is 4.30. The summed E-state index contributed by atoms with van der Waals surface area (Å²) in [5, 5.41) is 12.2. The maximum atomic E-state index is 12.8. The summed E-state index contributed by atoms with van der Waals surface area (Å²) in [5.74, 6) is -1.26. The van der Waals surface area contributed by atoms with Crippen LogP contribution in [0.1, 0.15) is 53.5 Å². The van der Waals surface area contributed by atoms with Crippen molar-refractivity contribution >= 4 is 17.6 Å². The van der Waals surface area contributed by atoms with Crippen LogP contribution >= 0.6 is 0 Å². The van der Waals surface area contributed by atoms with E-state index in [0.29, 0.717) is 11.6 Å². The Morgan fingerprint density at radius 1 is 1.09 bits per heavy atom. The van der Waals surface area contributed by atoms with E-state index in [-0.39, 0.29) is 24.9 Å². The van der Waals surface area contributed by atoms with Gasteiger partial charge < -0.3 is 15.2 Å². The second-order valence-corrected chi connectivity index (χ2v) is 8.10. The van der Waals surface area contributed by atoms with Gasteiger partial charge >= 0.3 is 5.97 Å². The van der Waals surface area contributed by atoms with E-state index in [0.717, 1.165) is 18.4 Å². The van der Waals surface area contributed by atoms with Gasteiger partial charge in [-0.25, -0.2) is 4.98 Å². The molecule has 0 spiro atoms. The number of rotatable bonds is 8. The maximum Gasteiger partial charge on any atom is 0.303 e. The zero-order chi connectivity index (χ0) is 22.5. The average molecular weight is 431 g/mol. The third-order valence-corrected chi connectivity index (χ3v) is 5.87. The molecule has 1 aliphatic carbocycles. The number of carbonyl (C=O) groups is 2. The molecule has 1 heterocycles. The fraction of sp³-hybridized carbons (Fsp3) is 0.269. The van der Waals surface area contributed by atoms with Crippen LogP contribution in [-0.4, -0.2) is 22.0 Å². The first kappa shape index (κ1) is 21.6. The summed E-state index contributed by atoms with van der Waals surface area (Å²) in [4.78, 5) is 28.5. The number of anilines is 1. The molecule has 3 aromatic rings. The summed E-state index contributed by atoms with van der Waals surface area (Å²) in [5.41, 5.74) is 5.05. The number of benzene rings is 2. The molecule has 164 valence electrons. The predicted molar refractivity (Wildman–Crippen MR) is 122 cm³/mol. The Hall–Kier alpha value is -3.67. The summed E-state index contributed by atoms with van der Waals surface area (Å²) >= 11 is 0. The SMILES string of the molecule is Cc1cccc2c1CCC2Oc1ncccc1NC(=O)CC(CC(=O)O)c1ccccc1. The van der Waals surface area contributed by atoms with E-state index in [1.54, 1.807) is 18.3 Å². The van der Waals surface area contributed by atoms with Crippen molar-refractivity contribution < 1.29 is 19.4 Å². The van der Waals surface area contributed by atoms with Crippen molar-refractivity contribution in [2.75, 3.05) is 5.32 Å². The number of fused-ring (bicyclic) bond motifs is 1. The van der Waals surface area contributed by atoms with Gasteiger partial charge in [-0.3, -0.25) is 9.59 Å². The zero-order valence-electron chi connectivity index (χ0n) is 18.0. The first-order valence-corrected chi connectivity index (χ1v) is 10.8. The van der Waals surface area contributed by atoms with Gasteiger partial charge in [-0.1, -0.05) is 48.5 Å². The lowest BCUT2D eigenvalue weighted by Gasteiger charge is -2.18. The Balaban J connectivity index is 1.48. The number of carboxylic acids is 1. The zero-order valence-corrected chi connectivity index (χ0v) is 18.0. The van der Waals surface area contributed by atoms with Gasteiger partial charge in [0.15, 0.2) is 0 Å². The van der Waals surface area contributed by atoms with E-state index in [2.05, 4.69) is 29.4 Å². The van der Waals surface area contributed by atoms with Crippen molar-refractivity contribution in [3.05, 3.63) is 89.1 Å². The molecule has 6 nitrogen and oxygen atoms in total. The summed E-state index contributed by atoms with van der Waals surface area (Å²) in [6.07, 6.45) is 3.27. The van der Waals surface area contributed by atoms with Gasteiger partial charge in [0.05, 0.1) is 6.42 Å². The number of nitrogens with one attached hydrogen (secondary N) is 1. The molecule has 2 unspecified atom stereocenters. The van der Waals surface area contributed by atoms with Crippen LogP contribution in [0.2, 0.25) is 0 Å². The Morgan fingerprint density at radius 2 is 1.91 bits per heavy atom. The molecule has 1 aromatic heterocycles. The first-order valence-electron chi connectivity index (χ1n) is 10.8. The highest BCUT2D eigenvalue weighted by Crippen LogP contribution is 2.37. The Labute approximate surface area is 187 Å². The molecule has 2 atom stereocenters. The summed E-state index contributed by atoms with van der Waals surface area (Å²) in [6, 6.07) is 18.9. The summed E-state index contributed by atoms with van der Waals surface area (Å²) in [6.45, 7) is 2.11. The minimum atomic E-state index is -0.938. The topological polar surface area (TPSA) is 88.5 Å². The Morgan fingerprint density at radius 3 is 2.69 bits per heavy atom. The van der Waals surface area contributed by atoms with Crippen LogP contribution < -0.4 is 10.1 Å². The first-order chi connectivity index (χ1) is 15.5. The molecule has 0 saturated carbocycles. The molecule has 0 saturated heterocycles. The Kier molecular flexibility index (Phi) is 6.50. The number of carbonyl (C=O) groups excluding carboxylic acids is 1. The number of aryl methyl sites for hydroxylation is 1. The van der Waals surface area contributed by atoms with Crippen LogP contribution in [0.25, 0.3) is 0 Å². The highest BCUT2D eigenvalue weighted by atomic mass is 16.5. The highest BCUT2D eigenvalue weighted by Gasteiger charge is 2.27. The van der Waals surface area contributed by atoms with E-state index in [1.807, 2.05) is 36.4 Å². The van der Waals surface area contributed by atoms with E-state index in [1.165, 1.54) is 16.7 Å². The standard InChI is InChI=1S/C26H26N2O4/c1-17-7-5-10-21-20(17)12-13-23(21)32-26-22(11-6-14-27-26)28-24(29)15-19(16-25(30)31)18-8-3-2-4-9-18/h2-11,14,19,23H,12-13,15-16H2,1H3,(H,28,29)(H,30,31). The minimum Gasteiger partial charge on any atom is -0.481 e. The monoisotopic (exact) mass is 430 g/mol. The smallest absolute Gasteiger partial charge is 0.303 e. The van der Waals surface area contributed by atoms with Crippen molar-refractivity contribution in [2.24, 2.45) is 0 Å². The van der Waals surface area contributed by atoms with Crippen molar-refractivity contribution in [1.82, 2.24) is 4.98 Å². The normalized spacial score (nSPS) is 15.6. The van der Waals surface area contributed by atoms with Gasteiger partial charge in [-0.2, -0.15) is 0 Å². The largest absolute Gasteiger partial charge is 0.481 e. The molecule has 1 amide bonds. The highest BCUT2D eigenvalue weighted by molar-refractivity contribution is 5.92. The van der Waals surface area contributed by atoms with Crippen LogP contribution in [0, 0.1) is 6.92 Å². The lowest BCUT2D eigenvalue weighted by Crippen LogP contribution is -2.18. The van der Waals surface area contributed by atoms with E-state index >= 15 is 0 Å². The number of hydrogen-bond acceptors (Lipinski definition) is 4. The lowest BCUT2D eigenvalue weighted by atomic mass is 9.92. The molecule has 6 heteroatoms. The van der Waals surface area contributed by atoms with Gasteiger partial charge in [0.1, 0.15) is 11.8 Å². The van der Waals surface area contributed by atoms with Gasteiger partial charge in [-0.15, -0.1) is 0 Å². The molecule has 2 N–H and O–H groups in total. The van der Waals surface area contributed by atoms with Crippen molar-refractivity contribution in [1.29, 1.82) is 0 Å². The van der Waals surface area contributed by atoms with E-state index in [9.17, 15) is 14.7 Å². The van der Waals surface area contributed by atoms with Crippen molar-refractivity contribution in [3.8, 4) is 5.88 Å². The fourth-order valence-corrected chi connectivity index (χ4v) is 4.30. The molecule has 1 aliphatic rings. The summed E-state index contributed by atoms with van der Waals surface area (Å²) in [7, 11) is 0. The molecule has 0 radical (unpaired) electrons. The molecular formula is C26H26N2O4. The van der Waals surface area contributed by atoms with Gasteiger partial charge in [0.25, 0.3) is 0 Å². The molecule has 4 rings (SSSR count). The Bertz CT molecular complexity index is 1110. The number of nitrogens with zero attached hydrogens (tertiary/aromatic N) is 1. The molecule has 32 heavy (non-hydrogen) atoms. The maximum absolute atomic E-state index is 12.8. The molecule has 0 bridgehead atoms. The third-order valence-electron chi connectivity index (χ3n) is 5.87. The van der Waals surface area contributed by atoms with Crippen molar-refractivity contribution in [3.63, 3.8) is 0 Å². The van der Waals surface area contributed by atoms with Crippen LogP contribution in [0.5, 0.6) is 5.88 Å². The number of amides is 1. The van der Waals surface area contributed by atoms with Gasteiger partial charge in [0, 0.05) is 18.5 Å². The third kappa shape index (κ3) is 4.97. The quantitative estimate of drug-likeness (QED) is 0.522. The van der Waals surface area contributed by atoms with Gasteiger partial charge in [0.2, 0.25) is 11.8 Å². The molecular weight excluding hydrogens is 404 g/mol. The minimum absolute atomic E-state index is 0.0517. The number of carboxylic acid groups (broad SMARTS) is 1. The van der Waals surface area contributed by atoms with E-state index < -0.39 is 11.9 Å². The second kappa shape index (κ2) is 9.64. The van der Waals surface area contributed by atoms with Crippen LogP contribution in [0.15, 0.2) is 66.9 Å². The second-order valence-electron chi connectivity index (χ2n) is 8.10. The lowest BCUT2D eigenvalue weighted by molar-refractivity contribution is -0.137. The molecule has 0 fully saturated rings. The number of pyridine rings is 1.